The number of anilines is 4. The summed E-state index contributed by atoms with van der Waals surface area (Å²) >= 11 is 0. The van der Waals surface area contributed by atoms with E-state index in [1.165, 1.54) is 6.92 Å². The second kappa shape index (κ2) is 8.30. The van der Waals surface area contributed by atoms with Gasteiger partial charge in [-0.3, -0.25) is 9.59 Å². The first kappa shape index (κ1) is 19.0. The zero-order valence-electron chi connectivity index (χ0n) is 15.9. The summed E-state index contributed by atoms with van der Waals surface area (Å²) in [5, 5.41) is 8.67. The number of carbonyl (C=O) groups is 2. The van der Waals surface area contributed by atoms with E-state index in [1.807, 2.05) is 37.3 Å². The Morgan fingerprint density at radius 3 is 2.36 bits per heavy atom. The number of carbonyl (C=O) groups excluding carboxylic acids is 2. The molecule has 0 spiro atoms. The van der Waals surface area contributed by atoms with Gasteiger partial charge in [0.1, 0.15) is 5.69 Å². The lowest BCUT2D eigenvalue weighted by atomic mass is 10.2. The maximum absolute atomic E-state index is 12.6. The third-order valence-corrected chi connectivity index (χ3v) is 3.92. The van der Waals surface area contributed by atoms with Crippen LogP contribution in [0.3, 0.4) is 0 Å². The molecule has 0 radical (unpaired) electrons. The molecule has 1 heterocycles. The fourth-order valence-corrected chi connectivity index (χ4v) is 2.65. The Morgan fingerprint density at radius 1 is 0.857 bits per heavy atom. The van der Waals surface area contributed by atoms with E-state index in [-0.39, 0.29) is 17.5 Å². The van der Waals surface area contributed by atoms with Crippen molar-refractivity contribution in [2.75, 3.05) is 16.0 Å². The highest BCUT2D eigenvalue weighted by molar-refractivity contribution is 6.03. The number of hydrogen-bond acceptors (Lipinski definition) is 5. The molecule has 7 nitrogen and oxygen atoms in total. The molecule has 0 aliphatic heterocycles. The van der Waals surface area contributed by atoms with E-state index in [9.17, 15) is 9.59 Å². The zero-order chi connectivity index (χ0) is 20.1. The first-order chi connectivity index (χ1) is 13.4. The number of benzene rings is 2. The lowest BCUT2D eigenvalue weighted by molar-refractivity contribution is -0.114. The van der Waals surface area contributed by atoms with Gasteiger partial charge in [-0.25, -0.2) is 9.97 Å². The number of para-hydroxylation sites is 1. The largest absolute Gasteiger partial charge is 0.326 e. The average Bonchev–Trinajstić information content (AvgIpc) is 2.63. The van der Waals surface area contributed by atoms with Crippen LogP contribution in [0.25, 0.3) is 0 Å². The van der Waals surface area contributed by atoms with Gasteiger partial charge < -0.3 is 16.0 Å². The van der Waals surface area contributed by atoms with E-state index < -0.39 is 0 Å². The average molecular weight is 375 g/mol. The molecule has 0 aliphatic carbocycles. The molecule has 3 N–H and O–H groups in total. The van der Waals surface area contributed by atoms with Gasteiger partial charge in [0.25, 0.3) is 5.91 Å². The van der Waals surface area contributed by atoms with Crippen LogP contribution in [0.15, 0.2) is 54.6 Å². The van der Waals surface area contributed by atoms with Crippen molar-refractivity contribution < 1.29 is 9.59 Å². The normalized spacial score (nSPS) is 10.2. The Bertz CT molecular complexity index is 1030. The lowest BCUT2D eigenvalue weighted by Gasteiger charge is -2.11. The Morgan fingerprint density at radius 2 is 1.61 bits per heavy atom. The summed E-state index contributed by atoms with van der Waals surface area (Å²) in [5.74, 6) is -0.163. The summed E-state index contributed by atoms with van der Waals surface area (Å²) < 4.78 is 0. The van der Waals surface area contributed by atoms with Gasteiger partial charge in [0, 0.05) is 29.7 Å². The molecule has 28 heavy (non-hydrogen) atoms. The predicted molar refractivity (Wildman–Crippen MR) is 110 cm³/mol. The molecule has 0 unspecified atom stereocenters. The lowest BCUT2D eigenvalue weighted by Crippen LogP contribution is -2.16. The number of amides is 2. The summed E-state index contributed by atoms with van der Waals surface area (Å²) in [6, 6.07) is 16.3. The van der Waals surface area contributed by atoms with Gasteiger partial charge in [-0.2, -0.15) is 0 Å². The maximum Gasteiger partial charge on any atom is 0.274 e. The minimum absolute atomic E-state index is 0.154. The fraction of sp³-hybridized carbons (Fsp3) is 0.143. The van der Waals surface area contributed by atoms with Gasteiger partial charge in [-0.05, 0) is 49.7 Å². The predicted octanol–water partition coefficient (Wildman–Crippen LogP) is 4.05. The fourth-order valence-electron chi connectivity index (χ4n) is 2.65. The third kappa shape index (κ3) is 4.91. The molecule has 1 aromatic heterocycles. The SMILES string of the molecule is CC(=O)Nc1cccc(Nc2nc(C)cc(C(=O)Nc3ccccc3C)n2)c1. The van der Waals surface area contributed by atoms with Gasteiger partial charge in [-0.15, -0.1) is 0 Å². The van der Waals surface area contributed by atoms with Crippen molar-refractivity contribution in [3.63, 3.8) is 0 Å². The molecule has 3 aromatic rings. The smallest absolute Gasteiger partial charge is 0.274 e. The highest BCUT2D eigenvalue weighted by Crippen LogP contribution is 2.19. The molecule has 0 aliphatic rings. The minimum atomic E-state index is -0.310. The molecule has 0 bridgehead atoms. The van der Waals surface area contributed by atoms with Gasteiger partial charge in [0.15, 0.2) is 0 Å². The van der Waals surface area contributed by atoms with Crippen molar-refractivity contribution in [2.24, 2.45) is 0 Å². The van der Waals surface area contributed by atoms with Gasteiger partial charge in [0.2, 0.25) is 11.9 Å². The number of aromatic nitrogens is 2. The molecule has 2 amide bonds. The van der Waals surface area contributed by atoms with Gasteiger partial charge >= 0.3 is 0 Å². The summed E-state index contributed by atoms with van der Waals surface area (Å²) in [4.78, 5) is 32.5. The number of nitrogens with zero attached hydrogens (tertiary/aromatic N) is 2. The van der Waals surface area contributed by atoms with E-state index >= 15 is 0 Å². The topological polar surface area (TPSA) is 96.0 Å². The molecule has 0 saturated heterocycles. The number of aryl methyl sites for hydroxylation is 2. The van der Waals surface area contributed by atoms with E-state index in [2.05, 4.69) is 25.9 Å². The number of nitrogens with one attached hydrogen (secondary N) is 3. The van der Waals surface area contributed by atoms with Crippen LogP contribution in [0.5, 0.6) is 0 Å². The van der Waals surface area contributed by atoms with Crippen LogP contribution >= 0.6 is 0 Å². The zero-order valence-corrected chi connectivity index (χ0v) is 15.9. The summed E-state index contributed by atoms with van der Waals surface area (Å²) in [5.41, 5.74) is 3.97. The van der Waals surface area contributed by atoms with E-state index in [0.29, 0.717) is 23.0 Å². The van der Waals surface area contributed by atoms with Crippen molar-refractivity contribution in [2.45, 2.75) is 20.8 Å². The van der Waals surface area contributed by atoms with Crippen LogP contribution in [-0.4, -0.2) is 21.8 Å². The minimum Gasteiger partial charge on any atom is -0.326 e. The van der Waals surface area contributed by atoms with Crippen LogP contribution in [-0.2, 0) is 4.79 Å². The van der Waals surface area contributed by atoms with Gasteiger partial charge in [0.05, 0.1) is 0 Å². The number of rotatable bonds is 5. The van der Waals surface area contributed by atoms with Gasteiger partial charge in [-0.1, -0.05) is 24.3 Å². The van der Waals surface area contributed by atoms with Crippen LogP contribution < -0.4 is 16.0 Å². The van der Waals surface area contributed by atoms with E-state index in [0.717, 1.165) is 11.3 Å². The van der Waals surface area contributed by atoms with Crippen molar-refractivity contribution in [1.82, 2.24) is 9.97 Å². The Hall–Kier alpha value is -3.74. The summed E-state index contributed by atoms with van der Waals surface area (Å²) in [6.45, 7) is 5.17. The first-order valence-electron chi connectivity index (χ1n) is 8.78. The Labute approximate surface area is 163 Å². The second-order valence-electron chi connectivity index (χ2n) is 6.37. The molecular weight excluding hydrogens is 354 g/mol. The quantitative estimate of drug-likeness (QED) is 0.625. The van der Waals surface area contributed by atoms with Crippen LogP contribution in [0.1, 0.15) is 28.7 Å². The standard InChI is InChI=1S/C21H21N5O2/c1-13-7-4-5-10-18(13)25-20(28)19-11-14(2)22-21(26-19)24-17-9-6-8-16(12-17)23-15(3)27/h4-12H,1-3H3,(H,23,27)(H,25,28)(H,22,24,26). The highest BCUT2D eigenvalue weighted by Gasteiger charge is 2.12. The highest BCUT2D eigenvalue weighted by atomic mass is 16.2. The van der Waals surface area contributed by atoms with Crippen LogP contribution in [0.2, 0.25) is 0 Å². The molecular formula is C21H21N5O2. The van der Waals surface area contributed by atoms with Crippen LogP contribution in [0.4, 0.5) is 23.0 Å². The van der Waals surface area contributed by atoms with Crippen molar-refractivity contribution in [3.8, 4) is 0 Å². The molecule has 0 atom stereocenters. The van der Waals surface area contributed by atoms with Crippen LogP contribution in [0, 0.1) is 13.8 Å². The molecule has 0 saturated carbocycles. The monoisotopic (exact) mass is 375 g/mol. The summed E-state index contributed by atoms with van der Waals surface area (Å²) in [6.07, 6.45) is 0. The van der Waals surface area contributed by atoms with Crippen molar-refractivity contribution >= 4 is 34.8 Å². The summed E-state index contributed by atoms with van der Waals surface area (Å²) in [7, 11) is 0. The Kier molecular flexibility index (Phi) is 5.64. The van der Waals surface area contributed by atoms with E-state index in [1.54, 1.807) is 31.2 Å². The first-order valence-corrected chi connectivity index (χ1v) is 8.78. The molecule has 142 valence electrons. The molecule has 2 aromatic carbocycles. The molecule has 0 fully saturated rings. The van der Waals surface area contributed by atoms with E-state index in [4.69, 9.17) is 0 Å². The number of hydrogen-bond donors (Lipinski definition) is 3. The molecule has 3 rings (SSSR count). The second-order valence-corrected chi connectivity index (χ2v) is 6.37. The maximum atomic E-state index is 12.6. The Balaban J connectivity index is 1.81. The third-order valence-electron chi connectivity index (χ3n) is 3.92. The molecule has 7 heteroatoms. The van der Waals surface area contributed by atoms with Crippen molar-refractivity contribution in [3.05, 3.63) is 71.5 Å². The van der Waals surface area contributed by atoms with Crippen molar-refractivity contribution in [1.29, 1.82) is 0 Å².